The van der Waals surface area contributed by atoms with Crippen LogP contribution in [-0.4, -0.2) is 37.0 Å². The fraction of sp³-hybridized carbons (Fsp3) is 0.682. The molecular weight excluding hydrogens is 322 g/mol. The molecule has 0 rings (SSSR count). The van der Waals surface area contributed by atoms with Crippen LogP contribution in [0.15, 0.2) is 36.5 Å². The summed E-state index contributed by atoms with van der Waals surface area (Å²) in [6, 6.07) is 0. The van der Waals surface area contributed by atoms with E-state index in [9.17, 15) is 4.79 Å². The number of hydrogen-bond acceptors (Lipinski definition) is 3. The Balaban J connectivity index is 3.55. The van der Waals surface area contributed by atoms with Gasteiger partial charge in [0, 0.05) is 32.6 Å². The number of hydrogen-bond donors (Lipinski definition) is 2. The topological polar surface area (TPSA) is 72.3 Å². The lowest BCUT2D eigenvalue weighted by molar-refractivity contribution is -0.131. The number of carbonyl (C=O) groups excluding carboxylic acids is 1. The summed E-state index contributed by atoms with van der Waals surface area (Å²) >= 11 is 0. The Morgan fingerprint density at radius 1 is 0.769 bits per heavy atom. The van der Waals surface area contributed by atoms with Crippen molar-refractivity contribution in [3.63, 3.8) is 0 Å². The zero-order valence-electron chi connectivity index (χ0n) is 16.9. The predicted molar refractivity (Wildman–Crippen MR) is 114 cm³/mol. The van der Waals surface area contributed by atoms with Gasteiger partial charge in [0.05, 0.1) is 0 Å². The van der Waals surface area contributed by atoms with Gasteiger partial charge in [-0.1, -0.05) is 75.5 Å². The molecule has 4 nitrogen and oxygen atoms in total. The smallest absolute Gasteiger partial charge is 0.222 e. The number of nitrogens with two attached hydrogens (primary N) is 2. The van der Waals surface area contributed by atoms with E-state index in [4.69, 9.17) is 11.5 Å². The third-order valence-corrected chi connectivity index (χ3v) is 4.24. The third-order valence-electron chi connectivity index (χ3n) is 4.24. The molecule has 26 heavy (non-hydrogen) atoms. The second kappa shape index (κ2) is 19.9. The third kappa shape index (κ3) is 16.1. The minimum atomic E-state index is 0.194. The molecule has 4 heteroatoms. The fourth-order valence-electron chi connectivity index (χ4n) is 2.70. The summed E-state index contributed by atoms with van der Waals surface area (Å²) in [7, 11) is 0. The van der Waals surface area contributed by atoms with Crippen molar-refractivity contribution >= 4 is 5.91 Å². The Hall–Kier alpha value is -1.39. The second-order valence-electron chi connectivity index (χ2n) is 6.65. The molecule has 0 spiro atoms. The Bertz CT molecular complexity index is 396. The lowest BCUT2D eigenvalue weighted by Gasteiger charge is -2.21. The maximum Gasteiger partial charge on any atom is 0.222 e. The Labute approximate surface area is 161 Å². The molecule has 1 amide bonds. The highest BCUT2D eigenvalue weighted by Gasteiger charge is 2.10. The molecule has 0 fully saturated rings. The largest absolute Gasteiger partial charge is 0.340 e. The summed E-state index contributed by atoms with van der Waals surface area (Å²) in [6.45, 7) is 4.45. The van der Waals surface area contributed by atoms with E-state index in [0.29, 0.717) is 32.6 Å². The van der Waals surface area contributed by atoms with Crippen molar-refractivity contribution in [1.29, 1.82) is 0 Å². The van der Waals surface area contributed by atoms with E-state index in [1.807, 2.05) is 0 Å². The molecule has 0 heterocycles. The standard InChI is InChI=1S/C22H41N3O/c1-2-3-4-5-6-7-8-9-10-11-12-13-14-15-16-17-22(26)25(20-18-23)21-19-24/h5-10H,2-4,11-21,23-24H2,1H3/b6-5+,8-7+,10-9-. The van der Waals surface area contributed by atoms with E-state index in [0.717, 1.165) is 19.3 Å². The van der Waals surface area contributed by atoms with E-state index in [1.54, 1.807) is 4.90 Å². The zero-order valence-corrected chi connectivity index (χ0v) is 16.9. The molecule has 4 N–H and O–H groups in total. The molecule has 0 atom stereocenters. The van der Waals surface area contributed by atoms with Gasteiger partial charge in [-0.25, -0.2) is 0 Å². The van der Waals surface area contributed by atoms with E-state index in [-0.39, 0.29) is 5.91 Å². The van der Waals surface area contributed by atoms with Crippen LogP contribution < -0.4 is 11.5 Å². The van der Waals surface area contributed by atoms with Gasteiger partial charge in [-0.05, 0) is 25.7 Å². The molecule has 0 aromatic carbocycles. The van der Waals surface area contributed by atoms with Crippen molar-refractivity contribution in [3.8, 4) is 0 Å². The Kier molecular flexibility index (Phi) is 18.9. The molecule has 150 valence electrons. The number of unbranched alkanes of at least 4 members (excludes halogenated alkanes) is 7. The van der Waals surface area contributed by atoms with Gasteiger partial charge in [0.1, 0.15) is 0 Å². The monoisotopic (exact) mass is 363 g/mol. The van der Waals surface area contributed by atoms with Crippen LogP contribution in [0, 0.1) is 0 Å². The average Bonchev–Trinajstić information content (AvgIpc) is 2.64. The molecule has 0 aromatic heterocycles. The highest BCUT2D eigenvalue weighted by Crippen LogP contribution is 2.09. The summed E-state index contributed by atoms with van der Waals surface area (Å²) in [5.41, 5.74) is 11.1. The van der Waals surface area contributed by atoms with E-state index >= 15 is 0 Å². The predicted octanol–water partition coefficient (Wildman–Crippen LogP) is 4.32. The molecule has 0 unspecified atom stereocenters. The molecule has 0 aliphatic heterocycles. The summed E-state index contributed by atoms with van der Waals surface area (Å²) in [4.78, 5) is 13.8. The van der Waals surface area contributed by atoms with E-state index < -0.39 is 0 Å². The van der Waals surface area contributed by atoms with E-state index in [2.05, 4.69) is 43.4 Å². The van der Waals surface area contributed by atoms with Crippen LogP contribution in [0.1, 0.15) is 71.1 Å². The first kappa shape index (κ1) is 24.6. The number of allylic oxidation sites excluding steroid dienone is 6. The minimum Gasteiger partial charge on any atom is -0.340 e. The van der Waals surface area contributed by atoms with Gasteiger partial charge in [0.25, 0.3) is 0 Å². The van der Waals surface area contributed by atoms with Gasteiger partial charge in [-0.3, -0.25) is 4.79 Å². The van der Waals surface area contributed by atoms with Gasteiger partial charge >= 0.3 is 0 Å². The maximum atomic E-state index is 12.1. The van der Waals surface area contributed by atoms with Crippen LogP contribution in [0.4, 0.5) is 0 Å². The first-order chi connectivity index (χ1) is 12.8. The van der Waals surface area contributed by atoms with Crippen molar-refractivity contribution in [2.24, 2.45) is 11.5 Å². The SMILES string of the molecule is CCCC/C=C/C=C/C=C\CCCCCCCC(=O)N(CCN)CCN. The summed E-state index contributed by atoms with van der Waals surface area (Å²) < 4.78 is 0. The molecule has 0 saturated carbocycles. The van der Waals surface area contributed by atoms with Crippen LogP contribution in [0.2, 0.25) is 0 Å². The lowest BCUT2D eigenvalue weighted by Crippen LogP contribution is -2.38. The molecule has 0 saturated heterocycles. The molecule has 0 bridgehead atoms. The summed E-state index contributed by atoms with van der Waals surface area (Å²) in [5.74, 6) is 0.194. The van der Waals surface area contributed by atoms with Crippen molar-refractivity contribution in [2.45, 2.75) is 71.1 Å². The number of amides is 1. The molecule has 0 aliphatic carbocycles. The van der Waals surface area contributed by atoms with Gasteiger partial charge < -0.3 is 16.4 Å². The van der Waals surface area contributed by atoms with Crippen LogP contribution in [-0.2, 0) is 4.79 Å². The second-order valence-corrected chi connectivity index (χ2v) is 6.65. The van der Waals surface area contributed by atoms with Gasteiger partial charge in [0.15, 0.2) is 0 Å². The van der Waals surface area contributed by atoms with Crippen LogP contribution in [0.5, 0.6) is 0 Å². The van der Waals surface area contributed by atoms with Gasteiger partial charge in [-0.2, -0.15) is 0 Å². The Morgan fingerprint density at radius 2 is 1.31 bits per heavy atom. The van der Waals surface area contributed by atoms with Crippen LogP contribution >= 0.6 is 0 Å². The van der Waals surface area contributed by atoms with Gasteiger partial charge in [0.2, 0.25) is 5.91 Å². The van der Waals surface area contributed by atoms with Crippen LogP contribution in [0.25, 0.3) is 0 Å². The molecular formula is C22H41N3O. The quantitative estimate of drug-likeness (QED) is 0.298. The molecule has 0 radical (unpaired) electrons. The Morgan fingerprint density at radius 3 is 1.88 bits per heavy atom. The lowest BCUT2D eigenvalue weighted by atomic mass is 10.1. The highest BCUT2D eigenvalue weighted by molar-refractivity contribution is 5.76. The minimum absolute atomic E-state index is 0.194. The maximum absolute atomic E-state index is 12.1. The highest BCUT2D eigenvalue weighted by atomic mass is 16.2. The van der Waals surface area contributed by atoms with Crippen molar-refractivity contribution in [3.05, 3.63) is 36.5 Å². The fourth-order valence-corrected chi connectivity index (χ4v) is 2.70. The van der Waals surface area contributed by atoms with Crippen molar-refractivity contribution < 1.29 is 4.79 Å². The number of rotatable bonds is 17. The number of nitrogens with zero attached hydrogens (tertiary/aromatic N) is 1. The molecule has 0 aliphatic rings. The van der Waals surface area contributed by atoms with Gasteiger partial charge in [-0.15, -0.1) is 0 Å². The average molecular weight is 364 g/mol. The van der Waals surface area contributed by atoms with Crippen molar-refractivity contribution in [1.82, 2.24) is 4.90 Å². The first-order valence-corrected chi connectivity index (χ1v) is 10.4. The normalized spacial score (nSPS) is 12.0. The first-order valence-electron chi connectivity index (χ1n) is 10.4. The van der Waals surface area contributed by atoms with Crippen LogP contribution in [0.3, 0.4) is 0 Å². The summed E-state index contributed by atoms with van der Waals surface area (Å²) in [5, 5.41) is 0. The van der Waals surface area contributed by atoms with Crippen molar-refractivity contribution in [2.75, 3.05) is 26.2 Å². The zero-order chi connectivity index (χ0) is 19.3. The summed E-state index contributed by atoms with van der Waals surface area (Å²) in [6.07, 6.45) is 24.1. The number of carbonyl (C=O) groups is 1. The molecule has 0 aromatic rings. The van der Waals surface area contributed by atoms with E-state index in [1.165, 1.54) is 38.5 Å².